The van der Waals surface area contributed by atoms with Gasteiger partial charge in [-0.25, -0.2) is 0 Å². The summed E-state index contributed by atoms with van der Waals surface area (Å²) in [4.78, 5) is 0. The Morgan fingerprint density at radius 2 is 1.94 bits per heavy atom. The lowest BCUT2D eigenvalue weighted by molar-refractivity contribution is -0.0146. The molecule has 4 heteroatoms. The number of rotatable bonds is 5. The van der Waals surface area contributed by atoms with Crippen molar-refractivity contribution in [1.29, 1.82) is 0 Å². The number of ether oxygens (including phenoxy) is 1. The third-order valence-electron chi connectivity index (χ3n) is 2.49. The standard InChI is InChI=1S/C14H21Cl2NO/c1-5-17-12(9-18-14(2,3)4)10-7-6-8-11(15)13(10)16/h6-8,12,17H,5,9H2,1-4H3. The SMILES string of the molecule is CCNC(COC(C)(C)C)c1cccc(Cl)c1Cl. The highest BCUT2D eigenvalue weighted by Gasteiger charge is 2.19. The number of hydrogen-bond donors (Lipinski definition) is 1. The first kappa shape index (κ1) is 15.8. The van der Waals surface area contributed by atoms with Crippen LogP contribution in [-0.2, 0) is 4.74 Å². The maximum Gasteiger partial charge on any atom is 0.0669 e. The summed E-state index contributed by atoms with van der Waals surface area (Å²) in [5.41, 5.74) is 0.814. The third-order valence-corrected chi connectivity index (χ3v) is 3.32. The zero-order chi connectivity index (χ0) is 13.8. The number of hydrogen-bond acceptors (Lipinski definition) is 2. The van der Waals surface area contributed by atoms with E-state index in [0.29, 0.717) is 16.7 Å². The van der Waals surface area contributed by atoms with Crippen LogP contribution in [0.1, 0.15) is 39.3 Å². The summed E-state index contributed by atoms with van der Waals surface area (Å²) in [7, 11) is 0. The number of benzene rings is 1. The van der Waals surface area contributed by atoms with Crippen molar-refractivity contribution in [3.05, 3.63) is 33.8 Å². The summed E-state index contributed by atoms with van der Waals surface area (Å²) in [5.74, 6) is 0. The Morgan fingerprint density at radius 1 is 1.28 bits per heavy atom. The van der Waals surface area contributed by atoms with Crippen LogP contribution in [0, 0.1) is 0 Å². The van der Waals surface area contributed by atoms with Gasteiger partial charge in [0.25, 0.3) is 0 Å². The molecule has 0 aliphatic carbocycles. The van der Waals surface area contributed by atoms with Crippen molar-refractivity contribution < 1.29 is 4.74 Å². The summed E-state index contributed by atoms with van der Waals surface area (Å²) >= 11 is 12.3. The maximum absolute atomic E-state index is 6.25. The fourth-order valence-electron chi connectivity index (χ4n) is 1.63. The van der Waals surface area contributed by atoms with E-state index in [9.17, 15) is 0 Å². The Kier molecular flexibility index (Phi) is 5.93. The average molecular weight is 290 g/mol. The first-order chi connectivity index (χ1) is 8.35. The Labute approximate surface area is 120 Å². The van der Waals surface area contributed by atoms with Crippen molar-refractivity contribution in [1.82, 2.24) is 5.32 Å². The number of halogens is 2. The van der Waals surface area contributed by atoms with E-state index in [2.05, 4.69) is 12.2 Å². The second-order valence-corrected chi connectivity index (χ2v) is 5.96. The van der Waals surface area contributed by atoms with E-state index in [1.807, 2.05) is 32.9 Å². The van der Waals surface area contributed by atoms with Gasteiger partial charge in [-0.15, -0.1) is 0 Å². The van der Waals surface area contributed by atoms with Crippen molar-refractivity contribution in [2.24, 2.45) is 0 Å². The van der Waals surface area contributed by atoms with E-state index in [0.717, 1.165) is 12.1 Å². The van der Waals surface area contributed by atoms with Gasteiger partial charge in [0.05, 0.1) is 28.3 Å². The van der Waals surface area contributed by atoms with Crippen LogP contribution in [0.5, 0.6) is 0 Å². The number of likely N-dealkylation sites (N-methyl/N-ethyl adjacent to an activating group) is 1. The molecule has 1 unspecified atom stereocenters. The summed E-state index contributed by atoms with van der Waals surface area (Å²) < 4.78 is 5.83. The molecule has 0 saturated carbocycles. The molecule has 0 heterocycles. The lowest BCUT2D eigenvalue weighted by Crippen LogP contribution is -2.30. The van der Waals surface area contributed by atoms with E-state index < -0.39 is 0 Å². The third kappa shape index (κ3) is 4.77. The van der Waals surface area contributed by atoms with E-state index in [4.69, 9.17) is 27.9 Å². The van der Waals surface area contributed by atoms with Crippen LogP contribution in [0.3, 0.4) is 0 Å². The Bertz CT molecular complexity index is 388. The van der Waals surface area contributed by atoms with Crippen LogP contribution < -0.4 is 5.32 Å². The second kappa shape index (κ2) is 6.76. The van der Waals surface area contributed by atoms with Gasteiger partial charge in [0.2, 0.25) is 0 Å². The fourth-order valence-corrected chi connectivity index (χ4v) is 2.07. The molecule has 102 valence electrons. The minimum atomic E-state index is -0.168. The molecule has 1 atom stereocenters. The Hall–Kier alpha value is -0.280. The molecule has 0 aromatic heterocycles. The smallest absolute Gasteiger partial charge is 0.0669 e. The predicted octanol–water partition coefficient (Wildman–Crippen LogP) is 4.46. The molecule has 0 radical (unpaired) electrons. The molecular formula is C14H21Cl2NO. The molecule has 0 fully saturated rings. The van der Waals surface area contributed by atoms with Gasteiger partial charge in [0.1, 0.15) is 0 Å². The van der Waals surface area contributed by atoms with Gasteiger partial charge in [0.15, 0.2) is 0 Å². The van der Waals surface area contributed by atoms with Gasteiger partial charge >= 0.3 is 0 Å². The highest BCUT2D eigenvalue weighted by molar-refractivity contribution is 6.42. The maximum atomic E-state index is 6.25. The first-order valence-corrected chi connectivity index (χ1v) is 6.92. The molecule has 18 heavy (non-hydrogen) atoms. The lowest BCUT2D eigenvalue weighted by Gasteiger charge is -2.26. The second-order valence-electron chi connectivity index (χ2n) is 5.18. The van der Waals surface area contributed by atoms with Crippen LogP contribution in [0.4, 0.5) is 0 Å². The van der Waals surface area contributed by atoms with Gasteiger partial charge < -0.3 is 10.1 Å². The van der Waals surface area contributed by atoms with E-state index in [-0.39, 0.29) is 11.6 Å². The molecular weight excluding hydrogens is 269 g/mol. The van der Waals surface area contributed by atoms with Crippen LogP contribution in [0.15, 0.2) is 18.2 Å². The van der Waals surface area contributed by atoms with Gasteiger partial charge in [-0.05, 0) is 38.9 Å². The molecule has 1 aromatic rings. The molecule has 0 aliphatic rings. The monoisotopic (exact) mass is 289 g/mol. The average Bonchev–Trinajstić information content (AvgIpc) is 2.27. The molecule has 2 nitrogen and oxygen atoms in total. The Morgan fingerprint density at radius 3 is 2.50 bits per heavy atom. The largest absolute Gasteiger partial charge is 0.374 e. The van der Waals surface area contributed by atoms with E-state index in [1.54, 1.807) is 6.07 Å². The fraction of sp³-hybridized carbons (Fsp3) is 0.571. The predicted molar refractivity (Wildman–Crippen MR) is 78.6 cm³/mol. The first-order valence-electron chi connectivity index (χ1n) is 6.16. The van der Waals surface area contributed by atoms with Crippen LogP contribution in [0.25, 0.3) is 0 Å². The summed E-state index contributed by atoms with van der Waals surface area (Å²) in [6.45, 7) is 9.59. The highest BCUT2D eigenvalue weighted by atomic mass is 35.5. The van der Waals surface area contributed by atoms with Crippen LogP contribution in [0.2, 0.25) is 10.0 Å². The zero-order valence-corrected chi connectivity index (χ0v) is 12.9. The minimum absolute atomic E-state index is 0.0559. The molecule has 1 rings (SSSR count). The van der Waals surface area contributed by atoms with Crippen LogP contribution in [-0.4, -0.2) is 18.8 Å². The van der Waals surface area contributed by atoms with Gasteiger partial charge in [-0.3, -0.25) is 0 Å². The van der Waals surface area contributed by atoms with E-state index >= 15 is 0 Å². The zero-order valence-electron chi connectivity index (χ0n) is 11.4. The molecule has 0 spiro atoms. The van der Waals surface area contributed by atoms with Gasteiger partial charge in [0, 0.05) is 0 Å². The topological polar surface area (TPSA) is 21.3 Å². The molecule has 1 N–H and O–H groups in total. The summed E-state index contributed by atoms with van der Waals surface area (Å²) in [6, 6.07) is 5.74. The van der Waals surface area contributed by atoms with Crippen LogP contribution >= 0.6 is 23.2 Å². The summed E-state index contributed by atoms with van der Waals surface area (Å²) in [6.07, 6.45) is 0. The van der Waals surface area contributed by atoms with Crippen molar-refractivity contribution in [3.8, 4) is 0 Å². The Balaban J connectivity index is 2.87. The lowest BCUT2D eigenvalue weighted by atomic mass is 10.1. The minimum Gasteiger partial charge on any atom is -0.374 e. The quantitative estimate of drug-likeness (QED) is 0.864. The molecule has 1 aromatic carbocycles. The molecule has 0 saturated heterocycles. The van der Waals surface area contributed by atoms with Crippen molar-refractivity contribution in [3.63, 3.8) is 0 Å². The van der Waals surface area contributed by atoms with E-state index in [1.165, 1.54) is 0 Å². The number of nitrogens with one attached hydrogen (secondary N) is 1. The van der Waals surface area contributed by atoms with Gasteiger partial charge in [-0.2, -0.15) is 0 Å². The van der Waals surface area contributed by atoms with Gasteiger partial charge in [-0.1, -0.05) is 42.3 Å². The summed E-state index contributed by atoms with van der Waals surface area (Å²) in [5, 5.41) is 4.55. The normalized spacial score (nSPS) is 13.7. The van der Waals surface area contributed by atoms with Crippen molar-refractivity contribution >= 4 is 23.2 Å². The van der Waals surface area contributed by atoms with Crippen molar-refractivity contribution in [2.75, 3.05) is 13.2 Å². The molecule has 0 aliphatic heterocycles. The van der Waals surface area contributed by atoms with Crippen molar-refractivity contribution in [2.45, 2.75) is 39.3 Å². The molecule has 0 bridgehead atoms. The molecule has 0 amide bonds. The highest BCUT2D eigenvalue weighted by Crippen LogP contribution is 2.30.